The molecule has 0 amide bonds. The zero-order valence-corrected chi connectivity index (χ0v) is 8.23. The quantitative estimate of drug-likeness (QED) is 0.729. The third kappa shape index (κ3) is 1.99. The number of benzene rings is 1. The summed E-state index contributed by atoms with van der Waals surface area (Å²) in [6.07, 6.45) is -1.11. The summed E-state index contributed by atoms with van der Waals surface area (Å²) in [4.78, 5) is 14.0. The molecule has 2 N–H and O–H groups in total. The summed E-state index contributed by atoms with van der Waals surface area (Å²) >= 11 is 0. The second kappa shape index (κ2) is 3.74. The first-order chi connectivity index (χ1) is 7.16. The van der Waals surface area contributed by atoms with Crippen LogP contribution in [0, 0.1) is 0 Å². The van der Waals surface area contributed by atoms with Crippen molar-refractivity contribution in [3.8, 4) is 5.88 Å². The molecule has 0 aliphatic rings. The summed E-state index contributed by atoms with van der Waals surface area (Å²) in [7, 11) is 0. The number of hydrogen-bond donors (Lipinski definition) is 2. The van der Waals surface area contributed by atoms with Gasteiger partial charge in [0.25, 0.3) is 0 Å². The Morgan fingerprint density at radius 2 is 2.20 bits per heavy atom. The SMILES string of the molecule is CC(O)C(=O)Oc1cc2ccccc2[nH]1. The molecule has 1 aromatic carbocycles. The van der Waals surface area contributed by atoms with Crippen LogP contribution in [0.1, 0.15) is 6.92 Å². The smallest absolute Gasteiger partial charge is 0.341 e. The van der Waals surface area contributed by atoms with E-state index in [1.54, 1.807) is 6.07 Å². The molecule has 2 rings (SSSR count). The summed E-state index contributed by atoms with van der Waals surface area (Å²) in [5.41, 5.74) is 0.894. The highest BCUT2D eigenvalue weighted by atomic mass is 16.6. The van der Waals surface area contributed by atoms with Crippen LogP contribution in [0.3, 0.4) is 0 Å². The van der Waals surface area contributed by atoms with E-state index in [9.17, 15) is 4.79 Å². The number of rotatable bonds is 2. The third-order valence-electron chi connectivity index (χ3n) is 2.06. The molecule has 78 valence electrons. The van der Waals surface area contributed by atoms with Gasteiger partial charge >= 0.3 is 5.97 Å². The molecule has 0 spiro atoms. The molecule has 1 atom stereocenters. The highest BCUT2D eigenvalue weighted by molar-refractivity contribution is 5.83. The number of aromatic amines is 1. The predicted molar refractivity (Wildman–Crippen MR) is 55.6 cm³/mol. The maximum Gasteiger partial charge on any atom is 0.341 e. The van der Waals surface area contributed by atoms with Crippen LogP contribution in [-0.4, -0.2) is 22.2 Å². The van der Waals surface area contributed by atoms with Crippen LogP contribution in [0.4, 0.5) is 0 Å². The van der Waals surface area contributed by atoms with Crippen LogP contribution in [0.2, 0.25) is 0 Å². The number of carbonyl (C=O) groups is 1. The van der Waals surface area contributed by atoms with Gasteiger partial charge in [-0.2, -0.15) is 0 Å². The molecule has 0 aliphatic heterocycles. The van der Waals surface area contributed by atoms with Gasteiger partial charge in [-0.3, -0.25) is 0 Å². The van der Waals surface area contributed by atoms with Crippen molar-refractivity contribution in [1.29, 1.82) is 0 Å². The van der Waals surface area contributed by atoms with Gasteiger partial charge in [-0.05, 0) is 13.0 Å². The Morgan fingerprint density at radius 3 is 2.87 bits per heavy atom. The Morgan fingerprint density at radius 1 is 1.47 bits per heavy atom. The second-order valence-corrected chi connectivity index (χ2v) is 3.32. The number of ether oxygens (including phenoxy) is 1. The maximum atomic E-state index is 11.1. The van der Waals surface area contributed by atoms with Crippen LogP contribution >= 0.6 is 0 Å². The summed E-state index contributed by atoms with van der Waals surface area (Å²) in [6.45, 7) is 1.37. The average Bonchev–Trinajstić information content (AvgIpc) is 2.59. The standard InChI is InChI=1S/C11H11NO3/c1-7(13)11(14)15-10-6-8-4-2-3-5-9(8)12-10/h2-7,12-13H,1H3. The number of nitrogens with one attached hydrogen (secondary N) is 1. The number of aromatic nitrogens is 1. The molecule has 2 aromatic rings. The molecule has 1 aromatic heterocycles. The van der Waals surface area contributed by atoms with Gasteiger partial charge in [0, 0.05) is 17.0 Å². The average molecular weight is 205 g/mol. The van der Waals surface area contributed by atoms with E-state index in [0.29, 0.717) is 5.88 Å². The highest BCUT2D eigenvalue weighted by Gasteiger charge is 2.12. The summed E-state index contributed by atoms with van der Waals surface area (Å²) in [5.74, 6) is -0.316. The topological polar surface area (TPSA) is 62.3 Å². The second-order valence-electron chi connectivity index (χ2n) is 3.32. The van der Waals surface area contributed by atoms with Crippen LogP contribution in [0.25, 0.3) is 10.9 Å². The lowest BCUT2D eigenvalue weighted by Crippen LogP contribution is -2.22. The highest BCUT2D eigenvalue weighted by Crippen LogP contribution is 2.19. The van der Waals surface area contributed by atoms with Gasteiger partial charge in [-0.15, -0.1) is 0 Å². The molecule has 4 nitrogen and oxygen atoms in total. The summed E-state index contributed by atoms with van der Waals surface area (Å²) in [5, 5.41) is 9.93. The van der Waals surface area contributed by atoms with Crippen molar-refractivity contribution in [2.24, 2.45) is 0 Å². The van der Waals surface area contributed by atoms with E-state index in [2.05, 4.69) is 4.98 Å². The third-order valence-corrected chi connectivity index (χ3v) is 2.06. The van der Waals surface area contributed by atoms with E-state index in [-0.39, 0.29) is 0 Å². The Bertz CT molecular complexity index is 454. The minimum absolute atomic E-state index is 0.349. The van der Waals surface area contributed by atoms with Gasteiger partial charge in [0.2, 0.25) is 5.88 Å². The number of hydrogen-bond acceptors (Lipinski definition) is 3. The van der Waals surface area contributed by atoms with Crippen molar-refractivity contribution in [3.05, 3.63) is 30.3 Å². The van der Waals surface area contributed by atoms with Gasteiger partial charge in [0.05, 0.1) is 0 Å². The van der Waals surface area contributed by atoms with E-state index >= 15 is 0 Å². The molecule has 1 heterocycles. The number of aliphatic hydroxyl groups excluding tert-OH is 1. The van der Waals surface area contributed by atoms with Crippen molar-refractivity contribution in [2.75, 3.05) is 0 Å². The minimum Gasteiger partial charge on any atom is -0.408 e. The molecule has 0 aliphatic carbocycles. The van der Waals surface area contributed by atoms with E-state index in [1.165, 1.54) is 6.92 Å². The van der Waals surface area contributed by atoms with Crippen molar-refractivity contribution < 1.29 is 14.6 Å². The first-order valence-corrected chi connectivity index (χ1v) is 4.64. The summed E-state index contributed by atoms with van der Waals surface area (Å²) < 4.78 is 4.92. The fraction of sp³-hybridized carbons (Fsp3) is 0.182. The molecule has 0 bridgehead atoms. The zero-order valence-electron chi connectivity index (χ0n) is 8.23. The fourth-order valence-electron chi connectivity index (χ4n) is 1.30. The van der Waals surface area contributed by atoms with Crippen molar-refractivity contribution >= 4 is 16.9 Å². The van der Waals surface area contributed by atoms with Crippen LogP contribution in [-0.2, 0) is 4.79 Å². The Kier molecular flexibility index (Phi) is 2.43. The number of aliphatic hydroxyl groups is 1. The van der Waals surface area contributed by atoms with Gasteiger partial charge in [-0.1, -0.05) is 18.2 Å². The van der Waals surface area contributed by atoms with E-state index in [4.69, 9.17) is 9.84 Å². The van der Waals surface area contributed by atoms with Gasteiger partial charge in [-0.25, -0.2) is 4.79 Å². The van der Waals surface area contributed by atoms with Crippen molar-refractivity contribution in [3.63, 3.8) is 0 Å². The van der Waals surface area contributed by atoms with Crippen LogP contribution in [0.15, 0.2) is 30.3 Å². The van der Waals surface area contributed by atoms with Gasteiger partial charge < -0.3 is 14.8 Å². The molecule has 4 heteroatoms. The predicted octanol–water partition coefficient (Wildman–Crippen LogP) is 1.45. The molecule has 0 fully saturated rings. The number of para-hydroxylation sites is 1. The molecule has 0 saturated heterocycles. The lowest BCUT2D eigenvalue weighted by atomic mass is 10.3. The first kappa shape index (κ1) is 9.73. The van der Waals surface area contributed by atoms with Crippen LogP contribution in [0.5, 0.6) is 5.88 Å². The fourth-order valence-corrected chi connectivity index (χ4v) is 1.30. The Labute approximate surface area is 86.5 Å². The molecule has 15 heavy (non-hydrogen) atoms. The number of carbonyl (C=O) groups excluding carboxylic acids is 1. The van der Waals surface area contributed by atoms with Crippen molar-refractivity contribution in [2.45, 2.75) is 13.0 Å². The first-order valence-electron chi connectivity index (χ1n) is 4.64. The maximum absolute atomic E-state index is 11.1. The zero-order chi connectivity index (χ0) is 10.8. The van der Waals surface area contributed by atoms with Crippen molar-refractivity contribution in [1.82, 2.24) is 4.98 Å². The lowest BCUT2D eigenvalue weighted by Gasteiger charge is -2.02. The number of H-pyrrole nitrogens is 1. The molecule has 0 radical (unpaired) electrons. The number of fused-ring (bicyclic) bond motifs is 1. The van der Waals surface area contributed by atoms with E-state index < -0.39 is 12.1 Å². The molecular formula is C11H11NO3. The lowest BCUT2D eigenvalue weighted by molar-refractivity contribution is -0.142. The van der Waals surface area contributed by atoms with Gasteiger partial charge in [0.1, 0.15) is 6.10 Å². The number of esters is 1. The Balaban J connectivity index is 2.26. The molecule has 0 saturated carbocycles. The normalized spacial score (nSPS) is 12.7. The van der Waals surface area contributed by atoms with E-state index in [0.717, 1.165) is 10.9 Å². The summed E-state index contributed by atoms with van der Waals surface area (Å²) in [6, 6.07) is 9.30. The molecule has 1 unspecified atom stereocenters. The van der Waals surface area contributed by atoms with E-state index in [1.807, 2.05) is 24.3 Å². The minimum atomic E-state index is -1.11. The molecular weight excluding hydrogens is 194 g/mol. The van der Waals surface area contributed by atoms with Gasteiger partial charge in [0.15, 0.2) is 0 Å². The monoisotopic (exact) mass is 205 g/mol. The Hall–Kier alpha value is -1.81. The van der Waals surface area contributed by atoms with Crippen LogP contribution < -0.4 is 4.74 Å². The largest absolute Gasteiger partial charge is 0.408 e.